The molecule has 0 aliphatic rings. The lowest BCUT2D eigenvalue weighted by molar-refractivity contribution is 0.00409. The van der Waals surface area contributed by atoms with E-state index in [1.807, 2.05) is 0 Å². The van der Waals surface area contributed by atoms with Crippen LogP contribution in [0.5, 0.6) is 0 Å². The number of nitrogens with one attached hydrogen (secondary N) is 1. The third-order valence-electron chi connectivity index (χ3n) is 3.68. The van der Waals surface area contributed by atoms with Crippen molar-refractivity contribution < 1.29 is 26.3 Å². The Bertz CT molecular complexity index is 842. The van der Waals surface area contributed by atoms with Gasteiger partial charge < -0.3 is 4.74 Å². The van der Waals surface area contributed by atoms with Crippen LogP contribution in [0.15, 0.2) is 47.4 Å². The summed E-state index contributed by atoms with van der Waals surface area (Å²) in [7, 11) is -2.96. The molecule has 0 amide bonds. The van der Waals surface area contributed by atoms with Crippen LogP contribution in [0.4, 0.5) is 13.2 Å². The van der Waals surface area contributed by atoms with E-state index in [1.165, 1.54) is 32.2 Å². The van der Waals surface area contributed by atoms with E-state index >= 15 is 0 Å². The molecule has 0 spiro atoms. The smallest absolute Gasteiger partial charge is 0.243 e. The number of ether oxygens (including phenoxy) is 1. The second kappa shape index (κ2) is 6.92. The lowest BCUT2D eigenvalue weighted by Gasteiger charge is -2.29. The maximum absolute atomic E-state index is 14.0. The van der Waals surface area contributed by atoms with Crippen molar-refractivity contribution in [3.8, 4) is 0 Å². The molecule has 1 unspecified atom stereocenters. The van der Waals surface area contributed by atoms with Crippen molar-refractivity contribution in [3.63, 3.8) is 0 Å². The van der Waals surface area contributed by atoms with Gasteiger partial charge in [0.2, 0.25) is 10.0 Å². The van der Waals surface area contributed by atoms with Gasteiger partial charge in [-0.15, -0.1) is 0 Å². The zero-order valence-corrected chi connectivity index (χ0v) is 13.8. The van der Waals surface area contributed by atoms with E-state index in [0.717, 1.165) is 12.1 Å². The minimum absolute atomic E-state index is 0.148. The van der Waals surface area contributed by atoms with Crippen LogP contribution in [0, 0.1) is 17.5 Å². The van der Waals surface area contributed by atoms with Gasteiger partial charge in [0, 0.05) is 25.3 Å². The third kappa shape index (κ3) is 3.77. The first-order chi connectivity index (χ1) is 11.2. The van der Waals surface area contributed by atoms with Gasteiger partial charge in [0.05, 0.1) is 0 Å². The highest BCUT2D eigenvalue weighted by Crippen LogP contribution is 2.27. The maximum atomic E-state index is 14.0. The fourth-order valence-corrected chi connectivity index (χ4v) is 3.35. The minimum Gasteiger partial charge on any atom is -0.372 e. The van der Waals surface area contributed by atoms with Gasteiger partial charge in [-0.1, -0.05) is 18.2 Å². The van der Waals surface area contributed by atoms with E-state index in [9.17, 15) is 21.6 Å². The summed E-state index contributed by atoms with van der Waals surface area (Å²) in [5.41, 5.74) is -1.16. The van der Waals surface area contributed by atoms with Crippen molar-refractivity contribution in [2.24, 2.45) is 0 Å². The average Bonchev–Trinajstić information content (AvgIpc) is 2.53. The van der Waals surface area contributed by atoms with Crippen LogP contribution < -0.4 is 4.72 Å². The Kier molecular flexibility index (Phi) is 5.32. The summed E-state index contributed by atoms with van der Waals surface area (Å²) < 4.78 is 72.4. The van der Waals surface area contributed by atoms with E-state index in [-0.39, 0.29) is 12.1 Å². The summed E-state index contributed by atoms with van der Waals surface area (Å²) in [4.78, 5) is -0.698. The van der Waals surface area contributed by atoms with Crippen molar-refractivity contribution >= 4 is 10.0 Å². The fraction of sp³-hybridized carbons (Fsp3) is 0.250. The van der Waals surface area contributed by atoms with Gasteiger partial charge in [0.1, 0.15) is 27.9 Å². The molecular weight excluding hydrogens is 343 g/mol. The lowest BCUT2D eigenvalue weighted by Crippen LogP contribution is -2.40. The van der Waals surface area contributed by atoms with Crippen LogP contribution in [0.2, 0.25) is 0 Å². The number of hydrogen-bond acceptors (Lipinski definition) is 3. The molecule has 4 nitrogen and oxygen atoms in total. The number of halogens is 3. The summed E-state index contributed by atoms with van der Waals surface area (Å²) in [5.74, 6) is -2.67. The Morgan fingerprint density at radius 3 is 2.33 bits per heavy atom. The van der Waals surface area contributed by atoms with Crippen LogP contribution in [0.25, 0.3) is 0 Å². The predicted molar refractivity (Wildman–Crippen MR) is 82.3 cm³/mol. The van der Waals surface area contributed by atoms with E-state index in [2.05, 4.69) is 4.72 Å². The fourth-order valence-electron chi connectivity index (χ4n) is 2.17. The molecule has 1 N–H and O–H groups in total. The van der Waals surface area contributed by atoms with Gasteiger partial charge in [0.25, 0.3) is 0 Å². The summed E-state index contributed by atoms with van der Waals surface area (Å²) >= 11 is 0. The number of hydrogen-bond donors (Lipinski definition) is 1. The van der Waals surface area contributed by atoms with Gasteiger partial charge in [-0.25, -0.2) is 26.3 Å². The van der Waals surface area contributed by atoms with E-state index < -0.39 is 38.0 Å². The SMILES string of the molecule is COC(C)(CNS(=O)(=O)c1ccc(F)cc1F)c1ccccc1F. The molecule has 0 saturated carbocycles. The standard InChI is InChI=1S/C16H16F3NO3S/c1-16(23-2,12-5-3-4-6-13(12)18)10-20-24(21,22)15-8-7-11(17)9-14(15)19/h3-9,20H,10H2,1-2H3. The average molecular weight is 359 g/mol. The molecule has 0 aliphatic heterocycles. The van der Waals surface area contributed by atoms with Crippen molar-refractivity contribution in [2.45, 2.75) is 17.4 Å². The number of benzene rings is 2. The molecule has 130 valence electrons. The molecule has 0 fully saturated rings. The van der Waals surface area contributed by atoms with Gasteiger partial charge >= 0.3 is 0 Å². The number of rotatable bonds is 6. The molecular formula is C16H16F3NO3S. The molecule has 1 atom stereocenters. The summed E-state index contributed by atoms with van der Waals surface area (Å²) in [6.07, 6.45) is 0. The molecule has 0 aromatic heterocycles. The quantitative estimate of drug-likeness (QED) is 0.863. The molecule has 8 heteroatoms. The molecule has 0 aliphatic carbocycles. The summed E-state index contributed by atoms with van der Waals surface area (Å²) in [6, 6.07) is 7.90. The molecule has 2 aromatic rings. The van der Waals surface area contributed by atoms with Gasteiger partial charge in [-0.2, -0.15) is 0 Å². The number of sulfonamides is 1. The highest BCUT2D eigenvalue weighted by atomic mass is 32.2. The second-order valence-corrected chi connectivity index (χ2v) is 7.05. The van der Waals surface area contributed by atoms with Crippen molar-refractivity contribution in [3.05, 3.63) is 65.5 Å². The van der Waals surface area contributed by atoms with Crippen molar-refractivity contribution in [1.29, 1.82) is 0 Å². The van der Waals surface area contributed by atoms with Crippen molar-refractivity contribution in [1.82, 2.24) is 4.72 Å². The molecule has 0 saturated heterocycles. The molecule has 2 rings (SSSR count). The first kappa shape index (κ1) is 18.4. The Morgan fingerprint density at radius 2 is 1.75 bits per heavy atom. The minimum atomic E-state index is -4.27. The van der Waals surface area contributed by atoms with Gasteiger partial charge in [-0.3, -0.25) is 0 Å². The van der Waals surface area contributed by atoms with E-state index in [1.54, 1.807) is 6.07 Å². The Balaban J connectivity index is 2.28. The molecule has 2 aromatic carbocycles. The van der Waals surface area contributed by atoms with Crippen LogP contribution in [-0.4, -0.2) is 22.1 Å². The zero-order chi connectivity index (χ0) is 18.0. The van der Waals surface area contributed by atoms with Crippen LogP contribution in [0.3, 0.4) is 0 Å². The largest absolute Gasteiger partial charge is 0.372 e. The van der Waals surface area contributed by atoms with Crippen LogP contribution in [0.1, 0.15) is 12.5 Å². The van der Waals surface area contributed by atoms with Crippen LogP contribution in [-0.2, 0) is 20.4 Å². The number of methoxy groups -OCH3 is 1. The summed E-state index contributed by atoms with van der Waals surface area (Å²) in [5, 5.41) is 0. The summed E-state index contributed by atoms with van der Waals surface area (Å²) in [6.45, 7) is 1.15. The van der Waals surface area contributed by atoms with E-state index in [4.69, 9.17) is 4.74 Å². The van der Waals surface area contributed by atoms with E-state index in [0.29, 0.717) is 6.07 Å². The Morgan fingerprint density at radius 1 is 1.08 bits per heavy atom. The van der Waals surface area contributed by atoms with Gasteiger partial charge in [-0.05, 0) is 25.1 Å². The lowest BCUT2D eigenvalue weighted by atomic mass is 9.95. The molecule has 24 heavy (non-hydrogen) atoms. The van der Waals surface area contributed by atoms with Crippen LogP contribution >= 0.6 is 0 Å². The van der Waals surface area contributed by atoms with Gasteiger partial charge in [0.15, 0.2) is 0 Å². The first-order valence-corrected chi connectivity index (χ1v) is 8.43. The third-order valence-corrected chi connectivity index (χ3v) is 5.11. The Labute approximate surface area is 138 Å². The maximum Gasteiger partial charge on any atom is 0.243 e. The highest BCUT2D eigenvalue weighted by molar-refractivity contribution is 7.89. The first-order valence-electron chi connectivity index (χ1n) is 6.94. The monoisotopic (exact) mass is 359 g/mol. The normalized spacial score (nSPS) is 14.4. The molecule has 0 bridgehead atoms. The molecule has 0 radical (unpaired) electrons. The topological polar surface area (TPSA) is 55.4 Å². The van der Waals surface area contributed by atoms with Crippen molar-refractivity contribution in [2.75, 3.05) is 13.7 Å². The zero-order valence-electron chi connectivity index (χ0n) is 13.0. The highest BCUT2D eigenvalue weighted by Gasteiger charge is 2.32. The second-order valence-electron chi connectivity index (χ2n) is 5.31. The predicted octanol–water partition coefficient (Wildman–Crippen LogP) is 2.94. The molecule has 0 heterocycles. The Hall–Kier alpha value is -1.90.